The van der Waals surface area contributed by atoms with Crippen LogP contribution in [0.25, 0.3) is 0 Å². The quantitative estimate of drug-likeness (QED) is 0.853. The minimum atomic E-state index is 0.378. The molecule has 1 atom stereocenters. The minimum Gasteiger partial charge on any atom is -0.493 e. The molecule has 3 rings (SSSR count). The van der Waals surface area contributed by atoms with Crippen LogP contribution in [0.1, 0.15) is 36.1 Å². The van der Waals surface area contributed by atoms with Gasteiger partial charge in [-0.15, -0.1) is 0 Å². The molecule has 0 radical (unpaired) electrons. The van der Waals surface area contributed by atoms with E-state index in [2.05, 4.69) is 64.6 Å². The minimum absolute atomic E-state index is 0.378. The van der Waals surface area contributed by atoms with Crippen LogP contribution >= 0.6 is 15.9 Å². The standard InChI is InChI=1S/C18H20BrNO/c1-2-17(20-12-15-5-3-4-6-16(15)19)13-7-8-18-14(11-13)9-10-21-18/h3-8,11,17,20H,2,9-10,12H2,1H3. The molecule has 1 aliphatic rings. The van der Waals surface area contributed by atoms with Gasteiger partial charge in [0.25, 0.3) is 0 Å². The van der Waals surface area contributed by atoms with Crippen molar-refractivity contribution >= 4 is 15.9 Å². The number of hydrogen-bond acceptors (Lipinski definition) is 2. The van der Waals surface area contributed by atoms with Gasteiger partial charge in [-0.05, 0) is 35.2 Å². The molecular weight excluding hydrogens is 326 g/mol. The fourth-order valence-corrected chi connectivity index (χ4v) is 3.22. The fourth-order valence-electron chi connectivity index (χ4n) is 2.80. The predicted octanol–water partition coefficient (Wildman–Crippen LogP) is 4.62. The molecule has 0 bridgehead atoms. The first-order valence-corrected chi connectivity index (χ1v) is 8.29. The van der Waals surface area contributed by atoms with Gasteiger partial charge in [-0.25, -0.2) is 0 Å². The molecule has 0 aromatic heterocycles. The number of benzene rings is 2. The average molecular weight is 346 g/mol. The van der Waals surface area contributed by atoms with E-state index in [0.717, 1.165) is 36.2 Å². The summed E-state index contributed by atoms with van der Waals surface area (Å²) in [6.45, 7) is 3.91. The second-order valence-electron chi connectivity index (χ2n) is 5.40. The summed E-state index contributed by atoms with van der Waals surface area (Å²) in [5.74, 6) is 1.06. The van der Waals surface area contributed by atoms with Gasteiger partial charge in [0, 0.05) is 23.5 Å². The van der Waals surface area contributed by atoms with Gasteiger partial charge in [0.15, 0.2) is 0 Å². The molecule has 1 heterocycles. The zero-order chi connectivity index (χ0) is 14.7. The molecular formula is C18H20BrNO. The molecule has 0 saturated heterocycles. The van der Waals surface area contributed by atoms with Gasteiger partial charge in [-0.2, -0.15) is 0 Å². The summed E-state index contributed by atoms with van der Waals surface area (Å²) < 4.78 is 6.75. The highest BCUT2D eigenvalue weighted by Gasteiger charge is 2.16. The lowest BCUT2D eigenvalue weighted by atomic mass is 10.0. The number of nitrogens with one attached hydrogen (secondary N) is 1. The van der Waals surface area contributed by atoms with Crippen LogP contribution in [0.2, 0.25) is 0 Å². The van der Waals surface area contributed by atoms with Crippen molar-refractivity contribution in [3.05, 3.63) is 63.6 Å². The van der Waals surface area contributed by atoms with E-state index in [1.54, 1.807) is 0 Å². The van der Waals surface area contributed by atoms with E-state index in [0.29, 0.717) is 6.04 Å². The summed E-state index contributed by atoms with van der Waals surface area (Å²) >= 11 is 3.61. The lowest BCUT2D eigenvalue weighted by Crippen LogP contribution is -2.20. The maximum atomic E-state index is 5.59. The van der Waals surface area contributed by atoms with Gasteiger partial charge in [0.05, 0.1) is 6.61 Å². The normalized spacial score (nSPS) is 14.6. The average Bonchev–Trinajstić information content (AvgIpc) is 2.97. The number of fused-ring (bicyclic) bond motifs is 1. The van der Waals surface area contributed by atoms with Crippen molar-refractivity contribution in [1.29, 1.82) is 0 Å². The largest absolute Gasteiger partial charge is 0.493 e. The van der Waals surface area contributed by atoms with Crippen LogP contribution in [0.15, 0.2) is 46.9 Å². The Kier molecular flexibility index (Phi) is 4.61. The Morgan fingerprint density at radius 1 is 1.24 bits per heavy atom. The summed E-state index contributed by atoms with van der Waals surface area (Å²) in [5.41, 5.74) is 3.99. The van der Waals surface area contributed by atoms with Crippen molar-refractivity contribution < 1.29 is 4.74 Å². The van der Waals surface area contributed by atoms with Gasteiger partial charge in [-0.3, -0.25) is 0 Å². The maximum absolute atomic E-state index is 5.59. The topological polar surface area (TPSA) is 21.3 Å². The molecule has 2 aromatic carbocycles. The highest BCUT2D eigenvalue weighted by Crippen LogP contribution is 2.29. The van der Waals surface area contributed by atoms with Crippen LogP contribution in [-0.2, 0) is 13.0 Å². The number of ether oxygens (including phenoxy) is 1. The molecule has 0 saturated carbocycles. The van der Waals surface area contributed by atoms with E-state index in [-0.39, 0.29) is 0 Å². The number of hydrogen-bond donors (Lipinski definition) is 1. The monoisotopic (exact) mass is 345 g/mol. The van der Waals surface area contributed by atoms with Gasteiger partial charge >= 0.3 is 0 Å². The molecule has 0 aliphatic carbocycles. The van der Waals surface area contributed by atoms with Crippen molar-refractivity contribution in [1.82, 2.24) is 5.32 Å². The van der Waals surface area contributed by atoms with Gasteiger partial charge in [0.2, 0.25) is 0 Å². The summed E-state index contributed by atoms with van der Waals surface area (Å²) in [7, 11) is 0. The van der Waals surface area contributed by atoms with Gasteiger partial charge < -0.3 is 10.1 Å². The van der Waals surface area contributed by atoms with Crippen molar-refractivity contribution in [2.24, 2.45) is 0 Å². The maximum Gasteiger partial charge on any atom is 0.122 e. The smallest absolute Gasteiger partial charge is 0.122 e. The molecule has 3 heteroatoms. The lowest BCUT2D eigenvalue weighted by Gasteiger charge is -2.19. The molecule has 0 spiro atoms. The van der Waals surface area contributed by atoms with E-state index in [1.165, 1.54) is 16.7 Å². The molecule has 0 fully saturated rings. The van der Waals surface area contributed by atoms with Crippen LogP contribution in [0.5, 0.6) is 5.75 Å². The molecule has 21 heavy (non-hydrogen) atoms. The second kappa shape index (κ2) is 6.63. The summed E-state index contributed by atoms with van der Waals surface area (Å²) in [5, 5.41) is 3.66. The van der Waals surface area contributed by atoms with Crippen molar-refractivity contribution in [3.63, 3.8) is 0 Å². The summed E-state index contributed by atoms with van der Waals surface area (Å²) in [6, 6.07) is 15.3. The van der Waals surface area contributed by atoms with Crippen molar-refractivity contribution in [3.8, 4) is 5.75 Å². The second-order valence-corrected chi connectivity index (χ2v) is 6.25. The molecule has 2 nitrogen and oxygen atoms in total. The Bertz CT molecular complexity index is 626. The van der Waals surface area contributed by atoms with Gasteiger partial charge in [0.1, 0.15) is 5.75 Å². The first-order chi connectivity index (χ1) is 10.3. The highest BCUT2D eigenvalue weighted by atomic mass is 79.9. The first-order valence-electron chi connectivity index (χ1n) is 7.50. The Labute approximate surface area is 134 Å². The molecule has 1 aliphatic heterocycles. The van der Waals surface area contributed by atoms with E-state index < -0.39 is 0 Å². The zero-order valence-electron chi connectivity index (χ0n) is 12.2. The van der Waals surface area contributed by atoms with E-state index in [1.807, 2.05) is 6.07 Å². The molecule has 1 N–H and O–H groups in total. The van der Waals surface area contributed by atoms with Crippen LogP contribution in [0.4, 0.5) is 0 Å². The zero-order valence-corrected chi connectivity index (χ0v) is 13.8. The molecule has 1 unspecified atom stereocenters. The Balaban J connectivity index is 1.72. The lowest BCUT2D eigenvalue weighted by molar-refractivity contribution is 0.356. The van der Waals surface area contributed by atoms with E-state index in [4.69, 9.17) is 4.74 Å². The highest BCUT2D eigenvalue weighted by molar-refractivity contribution is 9.10. The molecule has 2 aromatic rings. The third-order valence-corrected chi connectivity index (χ3v) is 4.79. The summed E-state index contributed by atoms with van der Waals surface area (Å²) in [6.07, 6.45) is 2.11. The fraction of sp³-hybridized carbons (Fsp3) is 0.333. The van der Waals surface area contributed by atoms with Crippen molar-refractivity contribution in [2.75, 3.05) is 6.61 Å². The Hall–Kier alpha value is -1.32. The predicted molar refractivity (Wildman–Crippen MR) is 89.7 cm³/mol. The van der Waals surface area contributed by atoms with Crippen molar-refractivity contribution in [2.45, 2.75) is 32.4 Å². The number of rotatable bonds is 5. The molecule has 0 amide bonds. The number of halogens is 1. The van der Waals surface area contributed by atoms with Gasteiger partial charge in [-0.1, -0.05) is 53.2 Å². The van der Waals surface area contributed by atoms with Crippen LogP contribution in [-0.4, -0.2) is 6.61 Å². The third-order valence-electron chi connectivity index (χ3n) is 4.02. The Morgan fingerprint density at radius 3 is 2.90 bits per heavy atom. The van der Waals surface area contributed by atoms with Crippen LogP contribution in [0.3, 0.4) is 0 Å². The Morgan fingerprint density at radius 2 is 2.10 bits per heavy atom. The van der Waals surface area contributed by atoms with Crippen LogP contribution < -0.4 is 10.1 Å². The van der Waals surface area contributed by atoms with E-state index in [9.17, 15) is 0 Å². The third kappa shape index (κ3) is 3.30. The first kappa shape index (κ1) is 14.6. The molecule has 110 valence electrons. The SMILES string of the molecule is CCC(NCc1ccccc1Br)c1ccc2c(c1)CCO2. The summed E-state index contributed by atoms with van der Waals surface area (Å²) in [4.78, 5) is 0. The van der Waals surface area contributed by atoms with Crippen LogP contribution in [0, 0.1) is 0 Å². The van der Waals surface area contributed by atoms with E-state index >= 15 is 0 Å².